The van der Waals surface area contributed by atoms with Gasteiger partial charge in [0.15, 0.2) is 6.61 Å². The first-order valence-electron chi connectivity index (χ1n) is 7.24. The molecule has 0 radical (unpaired) electrons. The topological polar surface area (TPSA) is 67.9 Å². The molecule has 1 aromatic carbocycles. The second-order valence-corrected chi connectivity index (χ2v) is 5.87. The minimum Gasteiger partial charge on any atom is -0.484 e. The fourth-order valence-corrected chi connectivity index (χ4v) is 2.42. The van der Waals surface area contributed by atoms with E-state index in [0.717, 1.165) is 12.8 Å². The van der Waals surface area contributed by atoms with Gasteiger partial charge in [0, 0.05) is 11.1 Å². The number of benzene rings is 1. The molecule has 118 valence electrons. The fraction of sp³-hybridized carbons (Fsp3) is 0.467. The molecule has 1 saturated carbocycles. The van der Waals surface area contributed by atoms with Crippen molar-refractivity contribution in [3.05, 3.63) is 29.3 Å². The molecule has 7 heteroatoms. The number of nitrogens with one attached hydrogen (secondary N) is 1. The molecule has 6 nitrogen and oxygen atoms in total. The molecule has 2 fully saturated rings. The maximum atomic E-state index is 11.7. The van der Waals surface area contributed by atoms with Crippen LogP contribution in [-0.4, -0.2) is 48.7 Å². The Bertz CT molecular complexity index is 559. The van der Waals surface area contributed by atoms with Crippen LogP contribution in [0.15, 0.2) is 24.3 Å². The van der Waals surface area contributed by atoms with Crippen molar-refractivity contribution in [1.29, 1.82) is 0 Å². The highest BCUT2D eigenvalue weighted by molar-refractivity contribution is 6.30. The first-order chi connectivity index (χ1) is 10.6. The number of hydrogen-bond donors (Lipinski definition) is 1. The summed E-state index contributed by atoms with van der Waals surface area (Å²) in [6.07, 6.45) is 1.53. The van der Waals surface area contributed by atoms with Crippen LogP contribution in [0.5, 0.6) is 5.75 Å². The quantitative estimate of drug-likeness (QED) is 0.866. The molecule has 1 aromatic rings. The van der Waals surface area contributed by atoms with Gasteiger partial charge < -0.3 is 19.7 Å². The Morgan fingerprint density at radius 3 is 2.77 bits per heavy atom. The summed E-state index contributed by atoms with van der Waals surface area (Å²) in [5.74, 6) is 0.322. The van der Waals surface area contributed by atoms with E-state index >= 15 is 0 Å². The second kappa shape index (κ2) is 6.44. The third-order valence-corrected chi connectivity index (χ3v) is 3.85. The van der Waals surface area contributed by atoms with Crippen molar-refractivity contribution in [2.45, 2.75) is 25.0 Å². The number of halogens is 1. The predicted molar refractivity (Wildman–Crippen MR) is 80.0 cm³/mol. The molecule has 22 heavy (non-hydrogen) atoms. The van der Waals surface area contributed by atoms with E-state index in [-0.39, 0.29) is 24.7 Å². The van der Waals surface area contributed by atoms with E-state index in [1.165, 1.54) is 0 Å². The largest absolute Gasteiger partial charge is 0.484 e. The monoisotopic (exact) mass is 324 g/mol. The zero-order chi connectivity index (χ0) is 15.5. The summed E-state index contributed by atoms with van der Waals surface area (Å²) in [6, 6.07) is 7.11. The molecule has 1 N–H and O–H groups in total. The molecule has 3 rings (SSSR count). The van der Waals surface area contributed by atoms with Gasteiger partial charge in [-0.15, -0.1) is 0 Å². The van der Waals surface area contributed by atoms with E-state index < -0.39 is 0 Å². The lowest BCUT2D eigenvalue weighted by molar-refractivity contribution is -0.123. The average Bonchev–Trinajstić information content (AvgIpc) is 3.28. The van der Waals surface area contributed by atoms with E-state index in [0.29, 0.717) is 29.9 Å². The van der Waals surface area contributed by atoms with E-state index in [2.05, 4.69) is 5.32 Å². The normalized spacial score (nSPS) is 20.7. The van der Waals surface area contributed by atoms with Crippen LogP contribution in [0, 0.1) is 0 Å². The van der Waals surface area contributed by atoms with Gasteiger partial charge in [-0.2, -0.15) is 0 Å². The number of cyclic esters (lactones) is 1. The molecule has 0 aromatic heterocycles. The van der Waals surface area contributed by atoms with Gasteiger partial charge in [-0.1, -0.05) is 11.6 Å². The van der Waals surface area contributed by atoms with Crippen molar-refractivity contribution in [3.63, 3.8) is 0 Å². The van der Waals surface area contributed by atoms with Crippen LogP contribution in [-0.2, 0) is 9.53 Å². The van der Waals surface area contributed by atoms with Gasteiger partial charge in [-0.25, -0.2) is 4.79 Å². The molecule has 1 unspecified atom stereocenters. The van der Waals surface area contributed by atoms with Crippen LogP contribution < -0.4 is 10.1 Å². The predicted octanol–water partition coefficient (Wildman–Crippen LogP) is 1.82. The number of carbonyl (C=O) groups excluding carboxylic acids is 2. The van der Waals surface area contributed by atoms with Crippen LogP contribution in [0.3, 0.4) is 0 Å². The van der Waals surface area contributed by atoms with Gasteiger partial charge in [-0.3, -0.25) is 4.79 Å². The third kappa shape index (κ3) is 3.82. The molecule has 1 atom stereocenters. The Morgan fingerprint density at radius 1 is 1.36 bits per heavy atom. The minimum atomic E-state index is -0.285. The molecule has 0 bridgehead atoms. The second-order valence-electron chi connectivity index (χ2n) is 5.44. The summed E-state index contributed by atoms with van der Waals surface area (Å²) >= 11 is 5.77. The summed E-state index contributed by atoms with van der Waals surface area (Å²) in [4.78, 5) is 25.1. The molecular formula is C15H17ClN2O4. The fourth-order valence-electron chi connectivity index (χ4n) is 2.29. The van der Waals surface area contributed by atoms with Crippen molar-refractivity contribution in [1.82, 2.24) is 10.2 Å². The standard InChI is InChI=1S/C15H17ClN2O4/c16-10-1-5-12(6-2-10)21-9-14(19)17-7-13-8-18(11-3-4-11)15(20)22-13/h1-2,5-6,11,13H,3-4,7-9H2,(H,17,19). The number of hydrogen-bond acceptors (Lipinski definition) is 4. The van der Waals surface area contributed by atoms with Crippen molar-refractivity contribution in [2.24, 2.45) is 0 Å². The van der Waals surface area contributed by atoms with Gasteiger partial charge in [-0.05, 0) is 37.1 Å². The lowest BCUT2D eigenvalue weighted by atomic mass is 10.3. The Labute approximate surface area is 133 Å². The maximum absolute atomic E-state index is 11.7. The highest BCUT2D eigenvalue weighted by Crippen LogP contribution is 2.30. The summed E-state index contributed by atoms with van der Waals surface area (Å²) < 4.78 is 10.6. The van der Waals surface area contributed by atoms with E-state index in [1.807, 2.05) is 0 Å². The molecule has 2 amide bonds. The van der Waals surface area contributed by atoms with Crippen molar-refractivity contribution >= 4 is 23.6 Å². The van der Waals surface area contributed by atoms with Gasteiger partial charge >= 0.3 is 6.09 Å². The molecule has 0 spiro atoms. The van der Waals surface area contributed by atoms with Gasteiger partial charge in [0.05, 0.1) is 13.1 Å². The van der Waals surface area contributed by atoms with Gasteiger partial charge in [0.25, 0.3) is 5.91 Å². The first kappa shape index (κ1) is 15.0. The first-order valence-corrected chi connectivity index (χ1v) is 7.62. The summed E-state index contributed by atoms with van der Waals surface area (Å²) in [6.45, 7) is 0.758. The molecule has 1 saturated heterocycles. The SMILES string of the molecule is O=C(COc1ccc(Cl)cc1)NCC1CN(C2CC2)C(=O)O1. The number of nitrogens with zero attached hydrogens (tertiary/aromatic N) is 1. The Hall–Kier alpha value is -1.95. The van der Waals surface area contributed by atoms with Gasteiger partial charge in [0.2, 0.25) is 0 Å². The third-order valence-electron chi connectivity index (χ3n) is 3.60. The van der Waals surface area contributed by atoms with Crippen molar-refractivity contribution in [3.8, 4) is 5.75 Å². The Balaban J connectivity index is 1.37. The summed E-state index contributed by atoms with van der Waals surface area (Å²) in [5.41, 5.74) is 0. The lowest BCUT2D eigenvalue weighted by Gasteiger charge is -2.12. The average molecular weight is 325 g/mol. The van der Waals surface area contributed by atoms with Crippen molar-refractivity contribution < 1.29 is 19.1 Å². The zero-order valence-corrected chi connectivity index (χ0v) is 12.7. The minimum absolute atomic E-state index is 0.0887. The number of ether oxygens (including phenoxy) is 2. The maximum Gasteiger partial charge on any atom is 0.410 e. The highest BCUT2D eigenvalue weighted by Gasteiger charge is 2.40. The molecule has 2 aliphatic rings. The lowest BCUT2D eigenvalue weighted by Crippen LogP contribution is -2.37. The number of carbonyl (C=O) groups is 2. The summed E-state index contributed by atoms with van der Waals surface area (Å²) in [7, 11) is 0. The number of rotatable bonds is 6. The van der Waals surface area contributed by atoms with Crippen LogP contribution in [0.4, 0.5) is 4.79 Å². The Kier molecular flexibility index (Phi) is 4.38. The molecule has 1 aliphatic heterocycles. The zero-order valence-electron chi connectivity index (χ0n) is 12.0. The van der Waals surface area contributed by atoms with Crippen molar-refractivity contribution in [2.75, 3.05) is 19.7 Å². The summed E-state index contributed by atoms with van der Waals surface area (Å²) in [5, 5.41) is 3.32. The Morgan fingerprint density at radius 2 is 2.09 bits per heavy atom. The highest BCUT2D eigenvalue weighted by atomic mass is 35.5. The van der Waals surface area contributed by atoms with Crippen LogP contribution in [0.1, 0.15) is 12.8 Å². The van der Waals surface area contributed by atoms with E-state index in [4.69, 9.17) is 21.1 Å². The van der Waals surface area contributed by atoms with Crippen LogP contribution in [0.25, 0.3) is 0 Å². The molecular weight excluding hydrogens is 308 g/mol. The van der Waals surface area contributed by atoms with Crippen LogP contribution in [0.2, 0.25) is 5.02 Å². The van der Waals surface area contributed by atoms with E-state index in [1.54, 1.807) is 29.2 Å². The molecule has 1 heterocycles. The van der Waals surface area contributed by atoms with Crippen LogP contribution >= 0.6 is 11.6 Å². The van der Waals surface area contributed by atoms with Gasteiger partial charge in [0.1, 0.15) is 11.9 Å². The molecule has 1 aliphatic carbocycles. The smallest absolute Gasteiger partial charge is 0.410 e. The van der Waals surface area contributed by atoms with E-state index in [9.17, 15) is 9.59 Å². The number of amides is 2.